The number of carbonyl (C=O) groups is 2. The molecule has 1 fully saturated rings. The number of amides is 2. The fraction of sp³-hybridized carbons (Fsp3) is 0.833. The monoisotopic (exact) mass is 290 g/mol. The smallest absolute Gasteiger partial charge is 0.323 e. The molecule has 0 aliphatic heterocycles. The molecule has 0 saturated heterocycles. The van der Waals surface area contributed by atoms with Crippen LogP contribution in [0.3, 0.4) is 0 Å². The van der Waals surface area contributed by atoms with E-state index in [0.717, 1.165) is 19.3 Å². The molecule has 6 nitrogen and oxygen atoms in total. The zero-order chi connectivity index (χ0) is 14.3. The van der Waals surface area contributed by atoms with Gasteiger partial charge in [0.05, 0.1) is 6.61 Å². The van der Waals surface area contributed by atoms with Crippen molar-refractivity contribution in [2.75, 3.05) is 33.1 Å². The number of ether oxygens (including phenoxy) is 1. The molecule has 1 aliphatic rings. The van der Waals surface area contributed by atoms with E-state index in [4.69, 9.17) is 9.84 Å². The van der Waals surface area contributed by atoms with E-state index in [-0.39, 0.29) is 25.2 Å². The zero-order valence-electron chi connectivity index (χ0n) is 11.4. The zero-order valence-corrected chi connectivity index (χ0v) is 12.2. The third-order valence-electron chi connectivity index (χ3n) is 3.24. The fourth-order valence-corrected chi connectivity index (χ4v) is 3.18. The second kappa shape index (κ2) is 8.27. The number of hydrogen-bond donors (Lipinski definition) is 2. The summed E-state index contributed by atoms with van der Waals surface area (Å²) < 4.78 is 4.90. The van der Waals surface area contributed by atoms with Gasteiger partial charge in [-0.25, -0.2) is 4.79 Å². The van der Waals surface area contributed by atoms with Crippen molar-refractivity contribution in [2.45, 2.75) is 30.6 Å². The highest BCUT2D eigenvalue weighted by molar-refractivity contribution is 7.99. The predicted molar refractivity (Wildman–Crippen MR) is 74.6 cm³/mol. The van der Waals surface area contributed by atoms with Gasteiger partial charge in [-0.15, -0.1) is 0 Å². The summed E-state index contributed by atoms with van der Waals surface area (Å²) in [6.07, 6.45) is 5.20. The molecule has 2 N–H and O–H groups in total. The van der Waals surface area contributed by atoms with Crippen molar-refractivity contribution in [3.63, 3.8) is 0 Å². The molecule has 19 heavy (non-hydrogen) atoms. The first kappa shape index (κ1) is 16.1. The van der Waals surface area contributed by atoms with Gasteiger partial charge in [-0.05, 0) is 19.1 Å². The Morgan fingerprint density at radius 1 is 1.47 bits per heavy atom. The average molecular weight is 290 g/mol. The minimum Gasteiger partial charge on any atom is -0.480 e. The standard InChI is InChI=1S/C12H22N2O4S/c1-18-7-6-14(8-11(15)16)12(17)13-9-4-3-5-10(9)19-2/h9-10H,3-8H2,1-2H3,(H,13,17)(H,15,16). The summed E-state index contributed by atoms with van der Waals surface area (Å²) in [4.78, 5) is 24.1. The van der Waals surface area contributed by atoms with Gasteiger partial charge in [-0.1, -0.05) is 6.42 Å². The SMILES string of the molecule is COCCN(CC(=O)O)C(=O)NC1CCCC1SC. The first-order valence-corrected chi connectivity index (χ1v) is 7.66. The van der Waals surface area contributed by atoms with Crippen LogP contribution in [0.15, 0.2) is 0 Å². The lowest BCUT2D eigenvalue weighted by atomic mass is 10.2. The Hall–Kier alpha value is -0.950. The third-order valence-corrected chi connectivity index (χ3v) is 4.41. The number of nitrogens with zero attached hydrogens (tertiary/aromatic N) is 1. The van der Waals surface area contributed by atoms with E-state index >= 15 is 0 Å². The lowest BCUT2D eigenvalue weighted by molar-refractivity contribution is -0.137. The Morgan fingerprint density at radius 3 is 2.79 bits per heavy atom. The number of thioether (sulfide) groups is 1. The topological polar surface area (TPSA) is 78.9 Å². The minimum absolute atomic E-state index is 0.140. The molecule has 0 spiro atoms. The number of carboxylic acid groups (broad SMARTS) is 1. The number of rotatable bonds is 7. The summed E-state index contributed by atoms with van der Waals surface area (Å²) in [7, 11) is 1.53. The molecule has 0 aromatic carbocycles. The van der Waals surface area contributed by atoms with Crippen molar-refractivity contribution in [1.82, 2.24) is 10.2 Å². The summed E-state index contributed by atoms with van der Waals surface area (Å²) in [5, 5.41) is 12.2. The average Bonchev–Trinajstić information content (AvgIpc) is 2.81. The molecule has 0 radical (unpaired) electrons. The van der Waals surface area contributed by atoms with Crippen LogP contribution in [0.2, 0.25) is 0 Å². The lowest BCUT2D eigenvalue weighted by Gasteiger charge is -2.25. The van der Waals surface area contributed by atoms with E-state index in [1.165, 1.54) is 12.0 Å². The molecule has 1 aliphatic carbocycles. The van der Waals surface area contributed by atoms with Gasteiger partial charge in [0.1, 0.15) is 6.54 Å². The molecule has 1 saturated carbocycles. The molecular weight excluding hydrogens is 268 g/mol. The Balaban J connectivity index is 2.52. The van der Waals surface area contributed by atoms with Crippen LogP contribution in [0.5, 0.6) is 0 Å². The van der Waals surface area contributed by atoms with Crippen molar-refractivity contribution in [2.24, 2.45) is 0 Å². The molecule has 110 valence electrons. The fourth-order valence-electron chi connectivity index (χ4n) is 2.24. The maximum atomic E-state index is 12.1. The summed E-state index contributed by atoms with van der Waals surface area (Å²) in [5.74, 6) is -1.01. The van der Waals surface area contributed by atoms with Gasteiger partial charge in [0.15, 0.2) is 0 Å². The molecule has 2 amide bonds. The van der Waals surface area contributed by atoms with Gasteiger partial charge < -0.3 is 20.1 Å². The molecular formula is C12H22N2O4S. The number of carbonyl (C=O) groups excluding carboxylic acids is 1. The maximum Gasteiger partial charge on any atom is 0.323 e. The Labute approximate surface area is 117 Å². The van der Waals surface area contributed by atoms with E-state index < -0.39 is 5.97 Å². The second-order valence-electron chi connectivity index (χ2n) is 4.57. The molecule has 2 unspecified atom stereocenters. The summed E-state index contributed by atoms with van der Waals surface area (Å²) in [6, 6.07) is -0.174. The van der Waals surface area contributed by atoms with E-state index in [2.05, 4.69) is 5.32 Å². The van der Waals surface area contributed by atoms with Crippen LogP contribution in [0.4, 0.5) is 4.79 Å². The van der Waals surface area contributed by atoms with Gasteiger partial charge >= 0.3 is 12.0 Å². The van der Waals surface area contributed by atoms with Crippen LogP contribution in [0.25, 0.3) is 0 Å². The van der Waals surface area contributed by atoms with Crippen molar-refractivity contribution in [1.29, 1.82) is 0 Å². The number of urea groups is 1. The predicted octanol–water partition coefficient (Wildman–Crippen LogP) is 1.01. The van der Waals surface area contributed by atoms with Gasteiger partial charge in [-0.3, -0.25) is 4.79 Å². The largest absolute Gasteiger partial charge is 0.480 e. The summed E-state index contributed by atoms with van der Waals surface area (Å²) in [6.45, 7) is 0.314. The van der Waals surface area contributed by atoms with Gasteiger partial charge in [-0.2, -0.15) is 11.8 Å². The first-order valence-electron chi connectivity index (χ1n) is 6.37. The first-order chi connectivity index (χ1) is 9.08. The molecule has 1 rings (SSSR count). The highest BCUT2D eigenvalue weighted by Gasteiger charge is 2.29. The second-order valence-corrected chi connectivity index (χ2v) is 5.65. The van der Waals surface area contributed by atoms with Crippen molar-refractivity contribution < 1.29 is 19.4 Å². The normalized spacial score (nSPS) is 22.2. The van der Waals surface area contributed by atoms with Crippen LogP contribution < -0.4 is 5.32 Å². The van der Waals surface area contributed by atoms with Crippen LogP contribution in [0, 0.1) is 0 Å². The molecule has 0 aromatic heterocycles. The molecule has 2 atom stereocenters. The Kier molecular flexibility index (Phi) is 7.01. The van der Waals surface area contributed by atoms with Crippen LogP contribution in [-0.4, -0.2) is 66.4 Å². The van der Waals surface area contributed by atoms with Crippen LogP contribution in [0.1, 0.15) is 19.3 Å². The number of methoxy groups -OCH3 is 1. The maximum absolute atomic E-state index is 12.1. The summed E-state index contributed by atoms with van der Waals surface area (Å²) >= 11 is 1.75. The molecule has 0 aromatic rings. The van der Waals surface area contributed by atoms with E-state index in [1.54, 1.807) is 11.8 Å². The summed E-state index contributed by atoms with van der Waals surface area (Å²) in [5.41, 5.74) is 0. The quantitative estimate of drug-likeness (QED) is 0.731. The number of nitrogens with one attached hydrogen (secondary N) is 1. The van der Waals surface area contributed by atoms with E-state index in [0.29, 0.717) is 11.9 Å². The van der Waals surface area contributed by atoms with Gasteiger partial charge in [0.2, 0.25) is 0 Å². The molecule has 7 heteroatoms. The van der Waals surface area contributed by atoms with Crippen molar-refractivity contribution in [3.8, 4) is 0 Å². The Morgan fingerprint density at radius 2 is 2.21 bits per heavy atom. The van der Waals surface area contributed by atoms with Crippen LogP contribution in [-0.2, 0) is 9.53 Å². The van der Waals surface area contributed by atoms with E-state index in [9.17, 15) is 9.59 Å². The van der Waals surface area contributed by atoms with Gasteiger partial charge in [0.25, 0.3) is 0 Å². The van der Waals surface area contributed by atoms with Gasteiger partial charge in [0, 0.05) is 24.9 Å². The minimum atomic E-state index is -1.01. The number of aliphatic carboxylic acids is 1. The van der Waals surface area contributed by atoms with Crippen LogP contribution >= 0.6 is 11.8 Å². The van der Waals surface area contributed by atoms with E-state index in [1.807, 2.05) is 6.26 Å². The molecule has 0 heterocycles. The molecule has 0 bridgehead atoms. The number of carboxylic acids is 1. The third kappa shape index (κ3) is 5.28. The number of hydrogen-bond acceptors (Lipinski definition) is 4. The lowest BCUT2D eigenvalue weighted by Crippen LogP contribution is -2.49. The van der Waals surface area contributed by atoms with Crippen molar-refractivity contribution >= 4 is 23.8 Å². The highest BCUT2D eigenvalue weighted by Crippen LogP contribution is 2.28. The highest BCUT2D eigenvalue weighted by atomic mass is 32.2. The van der Waals surface area contributed by atoms with Crippen molar-refractivity contribution in [3.05, 3.63) is 0 Å². The Bertz CT molecular complexity index is 314.